The lowest BCUT2D eigenvalue weighted by Gasteiger charge is -2.10. The third-order valence-electron chi connectivity index (χ3n) is 4.04. The van der Waals surface area contributed by atoms with Crippen LogP contribution in [0.5, 0.6) is 5.75 Å². The number of imidazole rings is 1. The molecule has 1 saturated carbocycles. The van der Waals surface area contributed by atoms with E-state index in [4.69, 9.17) is 21.3 Å². The Bertz CT molecular complexity index is 605. The van der Waals surface area contributed by atoms with E-state index < -0.39 is 0 Å². The summed E-state index contributed by atoms with van der Waals surface area (Å²) in [7, 11) is 1.68. The number of alkyl halides is 1. The van der Waals surface area contributed by atoms with Gasteiger partial charge in [-0.1, -0.05) is 13.0 Å². The van der Waals surface area contributed by atoms with E-state index in [2.05, 4.69) is 17.6 Å². The molecule has 4 heteroatoms. The average Bonchev–Trinajstić information content (AvgIpc) is 2.95. The highest BCUT2D eigenvalue weighted by molar-refractivity contribution is 6.20. The Morgan fingerprint density at radius 3 is 2.84 bits per heavy atom. The zero-order valence-electron chi connectivity index (χ0n) is 11.6. The van der Waals surface area contributed by atoms with Crippen LogP contribution in [0, 0.1) is 11.8 Å². The number of nitrogens with zero attached hydrogens (tertiary/aromatic N) is 2. The number of hydrogen-bond donors (Lipinski definition) is 0. The molecule has 19 heavy (non-hydrogen) atoms. The molecule has 0 amide bonds. The van der Waals surface area contributed by atoms with Gasteiger partial charge in [-0.25, -0.2) is 4.98 Å². The maximum Gasteiger partial charge on any atom is 0.146 e. The summed E-state index contributed by atoms with van der Waals surface area (Å²) in [6.07, 6.45) is 1.31. The lowest BCUT2D eigenvalue weighted by molar-refractivity contribution is 0.419. The van der Waals surface area contributed by atoms with Gasteiger partial charge in [-0.05, 0) is 37.3 Å². The third-order valence-corrected chi connectivity index (χ3v) is 4.24. The summed E-state index contributed by atoms with van der Waals surface area (Å²) in [4.78, 5) is 4.69. The quantitative estimate of drug-likeness (QED) is 0.791. The monoisotopic (exact) mass is 278 g/mol. The Hall–Kier alpha value is -1.22. The molecule has 0 spiro atoms. The van der Waals surface area contributed by atoms with Gasteiger partial charge in [-0.3, -0.25) is 0 Å². The lowest BCUT2D eigenvalue weighted by Crippen LogP contribution is -2.06. The molecule has 1 heterocycles. The van der Waals surface area contributed by atoms with Crippen LogP contribution in [0.3, 0.4) is 0 Å². The number of halogens is 1. The normalized spacial score (nSPS) is 23.6. The molecule has 0 bridgehead atoms. The molecule has 3 atom stereocenters. The number of para-hydroxylation sites is 1. The fourth-order valence-corrected chi connectivity index (χ4v) is 2.85. The summed E-state index contributed by atoms with van der Waals surface area (Å²) in [6, 6.07) is 6.06. The maximum atomic E-state index is 6.29. The lowest BCUT2D eigenvalue weighted by atomic mass is 10.2. The van der Waals surface area contributed by atoms with Crippen molar-refractivity contribution in [3.63, 3.8) is 0 Å². The first kappa shape index (κ1) is 12.8. The smallest absolute Gasteiger partial charge is 0.146 e. The molecule has 1 aliphatic rings. The average molecular weight is 279 g/mol. The molecule has 0 saturated heterocycles. The number of hydrogen-bond acceptors (Lipinski definition) is 2. The van der Waals surface area contributed by atoms with Crippen molar-refractivity contribution < 1.29 is 4.74 Å². The summed E-state index contributed by atoms with van der Waals surface area (Å²) in [5.74, 6) is 3.35. The Kier molecular flexibility index (Phi) is 3.17. The van der Waals surface area contributed by atoms with E-state index in [0.29, 0.717) is 0 Å². The van der Waals surface area contributed by atoms with Crippen LogP contribution in [-0.4, -0.2) is 16.7 Å². The molecular formula is C15H19ClN2O. The van der Waals surface area contributed by atoms with Crippen molar-refractivity contribution in [1.29, 1.82) is 0 Å². The molecule has 1 fully saturated rings. The van der Waals surface area contributed by atoms with Gasteiger partial charge in [0.25, 0.3) is 0 Å². The second-order valence-electron chi connectivity index (χ2n) is 5.50. The van der Waals surface area contributed by atoms with Crippen LogP contribution in [0.2, 0.25) is 0 Å². The van der Waals surface area contributed by atoms with Crippen LogP contribution < -0.4 is 4.74 Å². The van der Waals surface area contributed by atoms with Crippen molar-refractivity contribution in [2.24, 2.45) is 11.8 Å². The Morgan fingerprint density at radius 1 is 1.53 bits per heavy atom. The first-order chi connectivity index (χ1) is 9.11. The molecule has 3 unspecified atom stereocenters. The van der Waals surface area contributed by atoms with E-state index in [1.54, 1.807) is 7.11 Å². The van der Waals surface area contributed by atoms with Gasteiger partial charge < -0.3 is 9.30 Å². The Morgan fingerprint density at radius 2 is 2.26 bits per heavy atom. The number of aromatic nitrogens is 2. The van der Waals surface area contributed by atoms with Gasteiger partial charge in [0.1, 0.15) is 17.1 Å². The zero-order chi connectivity index (χ0) is 13.6. The molecule has 1 aromatic heterocycles. The number of rotatable bonds is 4. The van der Waals surface area contributed by atoms with Crippen LogP contribution in [0.1, 0.15) is 31.5 Å². The Balaban J connectivity index is 2.12. The van der Waals surface area contributed by atoms with Crippen molar-refractivity contribution in [3.05, 3.63) is 24.0 Å². The van der Waals surface area contributed by atoms with Crippen molar-refractivity contribution in [2.75, 3.05) is 7.11 Å². The standard InChI is InChI=1S/C15H19ClN2O/c1-9-7-11(9)8-18-12-5-4-6-13(19-3)14(12)17-15(18)10(2)16/h4-6,9-11H,7-8H2,1-3H3. The van der Waals surface area contributed by atoms with Crippen molar-refractivity contribution in [1.82, 2.24) is 9.55 Å². The number of methoxy groups -OCH3 is 1. The van der Waals surface area contributed by atoms with E-state index in [1.165, 1.54) is 6.42 Å². The molecule has 0 N–H and O–H groups in total. The van der Waals surface area contributed by atoms with E-state index in [9.17, 15) is 0 Å². The molecule has 0 aliphatic heterocycles. The van der Waals surface area contributed by atoms with Gasteiger partial charge in [-0.15, -0.1) is 11.6 Å². The van der Waals surface area contributed by atoms with Gasteiger partial charge in [0, 0.05) is 6.54 Å². The van der Waals surface area contributed by atoms with E-state index >= 15 is 0 Å². The predicted octanol–water partition coefficient (Wildman–Crippen LogP) is 4.00. The molecular weight excluding hydrogens is 260 g/mol. The molecule has 1 aliphatic carbocycles. The second-order valence-corrected chi connectivity index (χ2v) is 6.15. The minimum absolute atomic E-state index is 0.0915. The van der Waals surface area contributed by atoms with Gasteiger partial charge >= 0.3 is 0 Å². The summed E-state index contributed by atoms with van der Waals surface area (Å²) >= 11 is 6.29. The first-order valence-electron chi connectivity index (χ1n) is 6.79. The Labute approximate surface area is 118 Å². The zero-order valence-corrected chi connectivity index (χ0v) is 12.3. The molecule has 2 aromatic rings. The molecule has 102 valence electrons. The van der Waals surface area contributed by atoms with Crippen LogP contribution in [-0.2, 0) is 6.54 Å². The topological polar surface area (TPSA) is 27.1 Å². The highest BCUT2D eigenvalue weighted by Crippen LogP contribution is 2.41. The molecule has 1 aromatic carbocycles. The molecule has 0 radical (unpaired) electrons. The fraction of sp³-hybridized carbons (Fsp3) is 0.533. The maximum absolute atomic E-state index is 6.29. The second kappa shape index (κ2) is 4.71. The highest BCUT2D eigenvalue weighted by atomic mass is 35.5. The summed E-state index contributed by atoms with van der Waals surface area (Å²) in [5.41, 5.74) is 2.04. The molecule has 3 rings (SSSR count). The van der Waals surface area contributed by atoms with Crippen LogP contribution >= 0.6 is 11.6 Å². The van der Waals surface area contributed by atoms with E-state index in [0.717, 1.165) is 41.0 Å². The third kappa shape index (κ3) is 2.20. The summed E-state index contributed by atoms with van der Waals surface area (Å²) in [6.45, 7) is 5.29. The van der Waals surface area contributed by atoms with Crippen molar-refractivity contribution in [3.8, 4) is 5.75 Å². The van der Waals surface area contributed by atoms with Gasteiger partial charge in [-0.2, -0.15) is 0 Å². The first-order valence-corrected chi connectivity index (χ1v) is 7.22. The number of fused-ring (bicyclic) bond motifs is 1. The highest BCUT2D eigenvalue weighted by Gasteiger charge is 2.34. The number of ether oxygens (including phenoxy) is 1. The van der Waals surface area contributed by atoms with Crippen LogP contribution in [0.15, 0.2) is 18.2 Å². The van der Waals surface area contributed by atoms with Gasteiger partial charge in [0.15, 0.2) is 0 Å². The van der Waals surface area contributed by atoms with Gasteiger partial charge in [0.05, 0.1) is 18.0 Å². The van der Waals surface area contributed by atoms with Gasteiger partial charge in [0.2, 0.25) is 0 Å². The van der Waals surface area contributed by atoms with Crippen LogP contribution in [0.25, 0.3) is 11.0 Å². The minimum atomic E-state index is -0.0915. The molecule has 3 nitrogen and oxygen atoms in total. The largest absolute Gasteiger partial charge is 0.494 e. The number of benzene rings is 1. The van der Waals surface area contributed by atoms with E-state index in [-0.39, 0.29) is 5.38 Å². The predicted molar refractivity (Wildman–Crippen MR) is 77.8 cm³/mol. The minimum Gasteiger partial charge on any atom is -0.494 e. The summed E-state index contributed by atoms with van der Waals surface area (Å²) < 4.78 is 7.67. The van der Waals surface area contributed by atoms with Crippen molar-refractivity contribution in [2.45, 2.75) is 32.2 Å². The van der Waals surface area contributed by atoms with E-state index in [1.807, 2.05) is 19.1 Å². The summed E-state index contributed by atoms with van der Waals surface area (Å²) in [5, 5.41) is -0.0915. The van der Waals surface area contributed by atoms with Crippen LogP contribution in [0.4, 0.5) is 0 Å². The fourth-order valence-electron chi connectivity index (χ4n) is 2.69. The SMILES string of the molecule is COc1cccc2c1nc(C(C)Cl)n2CC1CC1C. The van der Waals surface area contributed by atoms with Crippen molar-refractivity contribution >= 4 is 22.6 Å².